The molecule has 0 aliphatic carbocycles. The molecule has 0 saturated carbocycles. The smallest absolute Gasteiger partial charge is 0.339 e. The van der Waals surface area contributed by atoms with E-state index in [0.29, 0.717) is 16.6 Å². The number of methoxy groups -OCH3 is 1. The predicted molar refractivity (Wildman–Crippen MR) is 99.9 cm³/mol. The van der Waals surface area contributed by atoms with Crippen LogP contribution in [0.5, 0.6) is 0 Å². The Morgan fingerprint density at radius 3 is 2.56 bits per heavy atom. The van der Waals surface area contributed by atoms with E-state index in [4.69, 9.17) is 0 Å². The Morgan fingerprint density at radius 2 is 1.78 bits per heavy atom. The highest BCUT2D eigenvalue weighted by Crippen LogP contribution is 2.16. The molecule has 8 heteroatoms. The summed E-state index contributed by atoms with van der Waals surface area (Å²) in [5.41, 5.74) is -0.0815. The van der Waals surface area contributed by atoms with Crippen molar-refractivity contribution in [3.8, 4) is 0 Å². The number of para-hydroxylation sites is 2. The van der Waals surface area contributed by atoms with E-state index in [1.54, 1.807) is 42.5 Å². The molecule has 0 bridgehead atoms. The number of aromatic amines is 1. The van der Waals surface area contributed by atoms with Gasteiger partial charge >= 0.3 is 11.7 Å². The summed E-state index contributed by atoms with van der Waals surface area (Å²) in [5, 5.41) is 2.97. The molecule has 0 aliphatic rings. The van der Waals surface area contributed by atoms with Crippen LogP contribution in [-0.2, 0) is 16.1 Å². The lowest BCUT2D eigenvalue weighted by atomic mass is 10.1. The Morgan fingerprint density at radius 1 is 1.07 bits per heavy atom. The maximum Gasteiger partial charge on any atom is 0.339 e. The number of hydrogen-bond donors (Lipinski definition) is 2. The van der Waals surface area contributed by atoms with E-state index in [9.17, 15) is 19.2 Å². The number of amides is 1. The van der Waals surface area contributed by atoms with Gasteiger partial charge in [-0.2, -0.15) is 0 Å². The number of ether oxygens (including phenoxy) is 1. The Hall–Kier alpha value is -3.68. The lowest BCUT2D eigenvalue weighted by molar-refractivity contribution is -0.116. The number of fused-ring (bicyclic) bond motifs is 1. The molecule has 2 N–H and O–H groups in total. The number of carbonyl (C=O) groups is 2. The summed E-state index contributed by atoms with van der Waals surface area (Å²) in [4.78, 5) is 51.2. The topological polar surface area (TPSA) is 110 Å². The number of nitrogens with one attached hydrogen (secondary N) is 2. The van der Waals surface area contributed by atoms with Crippen molar-refractivity contribution in [2.45, 2.75) is 13.0 Å². The molecule has 1 heterocycles. The van der Waals surface area contributed by atoms with Crippen molar-refractivity contribution < 1.29 is 14.3 Å². The minimum absolute atomic E-state index is 0.0920. The van der Waals surface area contributed by atoms with Gasteiger partial charge in [0.1, 0.15) is 0 Å². The number of nitrogens with zero attached hydrogens (tertiary/aromatic N) is 1. The normalized spacial score (nSPS) is 10.6. The highest BCUT2D eigenvalue weighted by molar-refractivity contribution is 6.01. The molecule has 0 aliphatic heterocycles. The molecule has 1 aromatic heterocycles. The zero-order valence-electron chi connectivity index (χ0n) is 14.5. The molecule has 2 aromatic carbocycles. The third-order valence-corrected chi connectivity index (χ3v) is 4.06. The van der Waals surface area contributed by atoms with Crippen LogP contribution < -0.4 is 16.6 Å². The van der Waals surface area contributed by atoms with Crippen LogP contribution in [0.1, 0.15) is 16.8 Å². The Balaban J connectivity index is 1.78. The first-order valence-corrected chi connectivity index (χ1v) is 8.20. The van der Waals surface area contributed by atoms with E-state index in [1.165, 1.54) is 13.2 Å². The molecule has 1 amide bonds. The molecule has 0 atom stereocenters. The summed E-state index contributed by atoms with van der Waals surface area (Å²) in [7, 11) is 1.25. The van der Waals surface area contributed by atoms with E-state index in [0.717, 1.165) is 4.57 Å². The van der Waals surface area contributed by atoms with Crippen LogP contribution >= 0.6 is 0 Å². The summed E-state index contributed by atoms with van der Waals surface area (Å²) in [6.07, 6.45) is -0.114. The van der Waals surface area contributed by atoms with Gasteiger partial charge in [0.25, 0.3) is 5.56 Å². The zero-order chi connectivity index (χ0) is 19.4. The number of hydrogen-bond acceptors (Lipinski definition) is 5. The quantitative estimate of drug-likeness (QED) is 0.664. The first kappa shape index (κ1) is 18.1. The standard InChI is InChI=1S/C19H17N3O5/c1-27-18(25)13-7-3-5-9-15(13)20-16(23)10-11-22-17(24)12-6-2-4-8-14(12)21-19(22)26/h2-9H,10-11H2,1H3,(H,20,23)(H,21,26). The van der Waals surface area contributed by atoms with Crippen molar-refractivity contribution in [3.05, 3.63) is 74.9 Å². The van der Waals surface area contributed by atoms with E-state index in [2.05, 4.69) is 15.0 Å². The monoisotopic (exact) mass is 367 g/mol. The van der Waals surface area contributed by atoms with Crippen LogP contribution in [0.15, 0.2) is 58.1 Å². The van der Waals surface area contributed by atoms with Gasteiger partial charge in [0.15, 0.2) is 0 Å². The van der Waals surface area contributed by atoms with E-state index >= 15 is 0 Å². The molecule has 3 aromatic rings. The van der Waals surface area contributed by atoms with Crippen molar-refractivity contribution in [1.29, 1.82) is 0 Å². The van der Waals surface area contributed by atoms with Crippen LogP contribution in [-0.4, -0.2) is 28.5 Å². The first-order chi connectivity index (χ1) is 13.0. The molecule has 3 rings (SSSR count). The van der Waals surface area contributed by atoms with Gasteiger partial charge in [-0.25, -0.2) is 9.59 Å². The number of carbonyl (C=O) groups excluding carboxylic acids is 2. The molecule has 0 saturated heterocycles. The van der Waals surface area contributed by atoms with Crippen LogP contribution in [0.4, 0.5) is 5.69 Å². The number of esters is 1. The van der Waals surface area contributed by atoms with Gasteiger partial charge in [0, 0.05) is 13.0 Å². The van der Waals surface area contributed by atoms with Gasteiger partial charge in [-0.3, -0.25) is 14.2 Å². The minimum Gasteiger partial charge on any atom is -0.465 e. The molecular weight excluding hydrogens is 350 g/mol. The van der Waals surface area contributed by atoms with Crippen molar-refractivity contribution in [2.24, 2.45) is 0 Å². The second-order valence-electron chi connectivity index (χ2n) is 5.77. The Kier molecular flexibility index (Phi) is 5.16. The number of rotatable bonds is 5. The van der Waals surface area contributed by atoms with Crippen LogP contribution in [0, 0.1) is 0 Å². The highest BCUT2D eigenvalue weighted by atomic mass is 16.5. The average Bonchev–Trinajstić information content (AvgIpc) is 2.67. The summed E-state index contributed by atoms with van der Waals surface area (Å²) >= 11 is 0. The van der Waals surface area contributed by atoms with E-state index in [1.807, 2.05) is 0 Å². The second kappa shape index (κ2) is 7.69. The van der Waals surface area contributed by atoms with E-state index in [-0.39, 0.29) is 18.5 Å². The fourth-order valence-corrected chi connectivity index (χ4v) is 2.71. The van der Waals surface area contributed by atoms with Crippen LogP contribution in [0.25, 0.3) is 10.9 Å². The SMILES string of the molecule is COC(=O)c1ccccc1NC(=O)CCn1c(=O)[nH]c2ccccc2c1=O. The fourth-order valence-electron chi connectivity index (χ4n) is 2.71. The molecule has 0 spiro atoms. The molecular formula is C19H17N3O5. The van der Waals surface area contributed by atoms with Crippen molar-refractivity contribution in [1.82, 2.24) is 9.55 Å². The lowest BCUT2D eigenvalue weighted by Crippen LogP contribution is -2.36. The summed E-state index contributed by atoms with van der Waals surface area (Å²) in [6.45, 7) is -0.0920. The molecule has 0 unspecified atom stereocenters. The average molecular weight is 367 g/mol. The lowest BCUT2D eigenvalue weighted by Gasteiger charge is -2.10. The van der Waals surface area contributed by atoms with Crippen molar-refractivity contribution in [2.75, 3.05) is 12.4 Å². The zero-order valence-corrected chi connectivity index (χ0v) is 14.5. The number of aromatic nitrogens is 2. The number of benzene rings is 2. The fraction of sp³-hybridized carbons (Fsp3) is 0.158. The van der Waals surface area contributed by atoms with Crippen LogP contribution in [0.3, 0.4) is 0 Å². The maximum atomic E-state index is 12.5. The van der Waals surface area contributed by atoms with Gasteiger partial charge in [0.05, 0.1) is 29.3 Å². The Labute approximate surface area is 153 Å². The summed E-state index contributed by atoms with van der Waals surface area (Å²) in [5.74, 6) is -1.01. The van der Waals surface area contributed by atoms with Crippen LogP contribution in [0.2, 0.25) is 0 Å². The summed E-state index contributed by atoms with van der Waals surface area (Å²) < 4.78 is 5.66. The first-order valence-electron chi connectivity index (χ1n) is 8.20. The van der Waals surface area contributed by atoms with E-state index < -0.39 is 23.1 Å². The highest BCUT2D eigenvalue weighted by Gasteiger charge is 2.14. The predicted octanol–water partition coefficient (Wildman–Crippen LogP) is 1.51. The van der Waals surface area contributed by atoms with Gasteiger partial charge in [-0.1, -0.05) is 24.3 Å². The Bertz CT molecular complexity index is 1130. The summed E-state index contributed by atoms with van der Waals surface area (Å²) in [6, 6.07) is 13.1. The van der Waals surface area contributed by atoms with Gasteiger partial charge < -0.3 is 15.0 Å². The van der Waals surface area contributed by atoms with Gasteiger partial charge in [0.2, 0.25) is 5.91 Å². The molecule has 8 nitrogen and oxygen atoms in total. The van der Waals surface area contributed by atoms with Crippen molar-refractivity contribution in [3.63, 3.8) is 0 Å². The van der Waals surface area contributed by atoms with Gasteiger partial charge in [-0.05, 0) is 24.3 Å². The molecule has 0 fully saturated rings. The third kappa shape index (κ3) is 3.79. The number of anilines is 1. The van der Waals surface area contributed by atoms with Crippen molar-refractivity contribution >= 4 is 28.5 Å². The molecule has 138 valence electrons. The van der Waals surface area contributed by atoms with Gasteiger partial charge in [-0.15, -0.1) is 0 Å². The minimum atomic E-state index is -0.582. The largest absolute Gasteiger partial charge is 0.465 e. The molecule has 27 heavy (non-hydrogen) atoms. The maximum absolute atomic E-state index is 12.5. The third-order valence-electron chi connectivity index (χ3n) is 4.06. The second-order valence-corrected chi connectivity index (χ2v) is 5.77. The number of H-pyrrole nitrogens is 1. The molecule has 0 radical (unpaired) electrons.